The van der Waals surface area contributed by atoms with E-state index in [0.717, 1.165) is 11.1 Å². The fourth-order valence-corrected chi connectivity index (χ4v) is 2.31. The third-order valence-electron chi connectivity index (χ3n) is 3.67. The first-order chi connectivity index (χ1) is 11.2. The molecule has 0 bridgehead atoms. The summed E-state index contributed by atoms with van der Waals surface area (Å²) in [7, 11) is 1.59. The predicted octanol–water partition coefficient (Wildman–Crippen LogP) is 1.59. The maximum absolute atomic E-state index is 11.7. The molecule has 2 aromatic rings. The van der Waals surface area contributed by atoms with Gasteiger partial charge in [-0.3, -0.25) is 4.79 Å². The number of hydrogen-bond acceptors (Lipinski definition) is 4. The summed E-state index contributed by atoms with van der Waals surface area (Å²) in [4.78, 5) is 11.7. The van der Waals surface area contributed by atoms with Crippen LogP contribution in [0.2, 0.25) is 0 Å². The molecule has 0 aliphatic heterocycles. The number of aliphatic hydroxyl groups is 1. The molecule has 2 aromatic carbocycles. The van der Waals surface area contributed by atoms with Crippen LogP contribution in [0.4, 0.5) is 0 Å². The summed E-state index contributed by atoms with van der Waals surface area (Å²) >= 11 is 0. The summed E-state index contributed by atoms with van der Waals surface area (Å²) in [6, 6.07) is 16.5. The summed E-state index contributed by atoms with van der Waals surface area (Å²) in [6.07, 6.45) is -0.682. The summed E-state index contributed by atoms with van der Waals surface area (Å²) in [5.74, 6) is 0.154. The fourth-order valence-electron chi connectivity index (χ4n) is 2.31. The number of carbonyl (C=O) groups excluding carboxylic acids is 1. The molecule has 0 heterocycles. The number of carbonyl (C=O) groups is 1. The first-order valence-electron chi connectivity index (χ1n) is 7.53. The Hall–Kier alpha value is -2.37. The molecule has 23 heavy (non-hydrogen) atoms. The van der Waals surface area contributed by atoms with Gasteiger partial charge in [-0.25, -0.2) is 0 Å². The Morgan fingerprint density at radius 2 is 1.78 bits per heavy atom. The second-order valence-corrected chi connectivity index (χ2v) is 5.21. The van der Waals surface area contributed by atoms with Crippen LogP contribution in [0, 0.1) is 0 Å². The van der Waals surface area contributed by atoms with Gasteiger partial charge in [-0.1, -0.05) is 42.5 Å². The van der Waals surface area contributed by atoms with Crippen molar-refractivity contribution in [3.8, 4) is 5.75 Å². The van der Waals surface area contributed by atoms with Crippen molar-refractivity contribution in [2.24, 2.45) is 5.73 Å². The highest BCUT2D eigenvalue weighted by atomic mass is 16.5. The lowest BCUT2D eigenvalue weighted by atomic mass is 9.98. The third kappa shape index (κ3) is 4.55. The van der Waals surface area contributed by atoms with Crippen LogP contribution in [0.25, 0.3) is 0 Å². The Morgan fingerprint density at radius 3 is 2.35 bits per heavy atom. The molecule has 0 saturated heterocycles. The maximum atomic E-state index is 11.7. The number of nitrogens with one attached hydrogen (secondary N) is 1. The Morgan fingerprint density at radius 1 is 1.13 bits per heavy atom. The molecule has 122 valence electrons. The molecular formula is C18H22N2O3. The zero-order chi connectivity index (χ0) is 16.7. The van der Waals surface area contributed by atoms with E-state index in [9.17, 15) is 9.90 Å². The molecule has 1 amide bonds. The molecule has 2 atom stereocenters. The van der Waals surface area contributed by atoms with Gasteiger partial charge in [0.2, 0.25) is 5.91 Å². The Labute approximate surface area is 136 Å². The lowest BCUT2D eigenvalue weighted by molar-refractivity contribution is -0.121. The van der Waals surface area contributed by atoms with E-state index in [1.165, 1.54) is 0 Å². The number of nitrogens with two attached hydrogens (primary N) is 1. The van der Waals surface area contributed by atoms with E-state index in [0.29, 0.717) is 5.75 Å². The van der Waals surface area contributed by atoms with Crippen molar-refractivity contribution in [1.29, 1.82) is 0 Å². The van der Waals surface area contributed by atoms with Crippen molar-refractivity contribution in [2.45, 2.75) is 12.0 Å². The highest BCUT2D eigenvalue weighted by molar-refractivity contribution is 5.83. The highest BCUT2D eigenvalue weighted by Crippen LogP contribution is 2.21. The van der Waals surface area contributed by atoms with Gasteiger partial charge >= 0.3 is 0 Å². The summed E-state index contributed by atoms with van der Waals surface area (Å²) < 4.78 is 5.60. The quantitative estimate of drug-likeness (QED) is 0.724. The van der Waals surface area contributed by atoms with Gasteiger partial charge in [0, 0.05) is 13.6 Å². The van der Waals surface area contributed by atoms with E-state index < -0.39 is 6.10 Å². The molecule has 0 aliphatic rings. The van der Waals surface area contributed by atoms with Crippen LogP contribution in [-0.4, -0.2) is 31.2 Å². The molecule has 5 heteroatoms. The van der Waals surface area contributed by atoms with Crippen molar-refractivity contribution in [3.63, 3.8) is 0 Å². The Kier molecular flexibility index (Phi) is 6.14. The minimum Gasteiger partial charge on any atom is -0.491 e. The summed E-state index contributed by atoms with van der Waals surface area (Å²) in [5, 5.41) is 12.7. The molecule has 0 aliphatic carbocycles. The average molecular weight is 314 g/mol. The topological polar surface area (TPSA) is 84.6 Å². The van der Waals surface area contributed by atoms with Crippen molar-refractivity contribution in [2.75, 3.05) is 20.2 Å². The number of ether oxygens (including phenoxy) is 1. The normalized spacial score (nSPS) is 13.2. The smallest absolute Gasteiger partial charge is 0.228 e. The van der Waals surface area contributed by atoms with Gasteiger partial charge in [0.1, 0.15) is 18.5 Å². The molecule has 0 fully saturated rings. The van der Waals surface area contributed by atoms with Crippen molar-refractivity contribution in [1.82, 2.24) is 5.32 Å². The van der Waals surface area contributed by atoms with Crippen LogP contribution in [0.15, 0.2) is 54.6 Å². The Bertz CT molecular complexity index is 614. The summed E-state index contributed by atoms with van der Waals surface area (Å²) in [5.41, 5.74) is 7.30. The first-order valence-corrected chi connectivity index (χ1v) is 7.53. The lowest BCUT2D eigenvalue weighted by Crippen LogP contribution is -2.30. The van der Waals surface area contributed by atoms with Crippen LogP contribution in [0.3, 0.4) is 0 Å². The SMILES string of the molecule is CNC(=O)C(CN)c1ccc(OCC(O)c2ccccc2)cc1. The molecular weight excluding hydrogens is 292 g/mol. The van der Waals surface area contributed by atoms with Crippen molar-refractivity contribution >= 4 is 5.91 Å². The minimum atomic E-state index is -0.682. The Balaban J connectivity index is 1.96. The van der Waals surface area contributed by atoms with Gasteiger partial charge in [0.05, 0.1) is 5.92 Å². The molecule has 0 radical (unpaired) electrons. The van der Waals surface area contributed by atoms with Crippen LogP contribution in [0.1, 0.15) is 23.1 Å². The van der Waals surface area contributed by atoms with E-state index in [4.69, 9.17) is 10.5 Å². The number of hydrogen-bond donors (Lipinski definition) is 3. The number of rotatable bonds is 7. The van der Waals surface area contributed by atoms with Crippen molar-refractivity contribution in [3.05, 3.63) is 65.7 Å². The monoisotopic (exact) mass is 314 g/mol. The van der Waals surface area contributed by atoms with E-state index in [1.807, 2.05) is 42.5 Å². The van der Waals surface area contributed by atoms with Gasteiger partial charge < -0.3 is 20.9 Å². The summed E-state index contributed by atoms with van der Waals surface area (Å²) in [6.45, 7) is 0.408. The number of benzene rings is 2. The van der Waals surface area contributed by atoms with E-state index in [1.54, 1.807) is 19.2 Å². The molecule has 0 aromatic heterocycles. The minimum absolute atomic E-state index is 0.110. The van der Waals surface area contributed by atoms with Crippen LogP contribution in [-0.2, 0) is 4.79 Å². The van der Waals surface area contributed by atoms with Crippen LogP contribution < -0.4 is 15.8 Å². The molecule has 0 saturated carbocycles. The van der Waals surface area contributed by atoms with E-state index in [2.05, 4.69) is 5.32 Å². The van der Waals surface area contributed by atoms with Crippen molar-refractivity contribution < 1.29 is 14.6 Å². The van der Waals surface area contributed by atoms with E-state index in [-0.39, 0.29) is 25.0 Å². The largest absolute Gasteiger partial charge is 0.491 e. The number of aliphatic hydroxyl groups excluding tert-OH is 1. The second-order valence-electron chi connectivity index (χ2n) is 5.21. The molecule has 2 rings (SSSR count). The molecule has 2 unspecified atom stereocenters. The zero-order valence-corrected chi connectivity index (χ0v) is 13.1. The van der Waals surface area contributed by atoms with Gasteiger partial charge in [-0.15, -0.1) is 0 Å². The third-order valence-corrected chi connectivity index (χ3v) is 3.67. The zero-order valence-electron chi connectivity index (χ0n) is 13.1. The lowest BCUT2D eigenvalue weighted by Gasteiger charge is -2.15. The van der Waals surface area contributed by atoms with Gasteiger partial charge in [-0.05, 0) is 23.3 Å². The van der Waals surface area contributed by atoms with Gasteiger partial charge in [-0.2, -0.15) is 0 Å². The average Bonchev–Trinajstić information content (AvgIpc) is 2.61. The second kappa shape index (κ2) is 8.31. The standard InChI is InChI=1S/C18H22N2O3/c1-20-18(22)16(11-19)13-7-9-15(10-8-13)23-12-17(21)14-5-3-2-4-6-14/h2-10,16-17,21H,11-12,19H2,1H3,(H,20,22). The fraction of sp³-hybridized carbons (Fsp3) is 0.278. The molecule has 0 spiro atoms. The predicted molar refractivity (Wildman–Crippen MR) is 89.2 cm³/mol. The molecule has 4 N–H and O–H groups in total. The van der Waals surface area contributed by atoms with Crippen LogP contribution >= 0.6 is 0 Å². The number of amides is 1. The van der Waals surface area contributed by atoms with Crippen LogP contribution in [0.5, 0.6) is 5.75 Å². The van der Waals surface area contributed by atoms with Gasteiger partial charge in [0.15, 0.2) is 0 Å². The first kappa shape index (κ1) is 17.0. The van der Waals surface area contributed by atoms with E-state index >= 15 is 0 Å². The maximum Gasteiger partial charge on any atom is 0.228 e. The molecule has 5 nitrogen and oxygen atoms in total. The number of likely N-dealkylation sites (N-methyl/N-ethyl adjacent to an activating group) is 1. The highest BCUT2D eigenvalue weighted by Gasteiger charge is 2.17. The van der Waals surface area contributed by atoms with Gasteiger partial charge in [0.25, 0.3) is 0 Å².